The summed E-state index contributed by atoms with van der Waals surface area (Å²) in [5, 5.41) is 7.24. The van der Waals surface area contributed by atoms with Crippen molar-refractivity contribution in [3.8, 4) is 0 Å². The van der Waals surface area contributed by atoms with Gasteiger partial charge in [0.15, 0.2) is 11.5 Å². The van der Waals surface area contributed by atoms with Crippen molar-refractivity contribution >= 4 is 35.1 Å². The summed E-state index contributed by atoms with van der Waals surface area (Å²) in [5.41, 5.74) is 1.92. The third kappa shape index (κ3) is 5.41. The van der Waals surface area contributed by atoms with E-state index in [0.29, 0.717) is 87.2 Å². The Morgan fingerprint density at radius 2 is 1.88 bits per heavy atom. The van der Waals surface area contributed by atoms with Crippen LogP contribution in [0.5, 0.6) is 0 Å². The fraction of sp³-hybridized carbons (Fsp3) is 0.500. The molecule has 13 heteroatoms. The van der Waals surface area contributed by atoms with Crippen LogP contribution in [0.1, 0.15) is 60.0 Å². The Labute approximate surface area is 237 Å². The van der Waals surface area contributed by atoms with Crippen molar-refractivity contribution in [1.29, 1.82) is 0 Å². The minimum atomic E-state index is -0.556. The van der Waals surface area contributed by atoms with E-state index in [4.69, 9.17) is 14.5 Å². The highest BCUT2D eigenvalue weighted by Crippen LogP contribution is 2.34. The van der Waals surface area contributed by atoms with Crippen LogP contribution < -0.4 is 10.2 Å². The van der Waals surface area contributed by atoms with E-state index in [1.54, 1.807) is 27.9 Å². The zero-order valence-electron chi connectivity index (χ0n) is 23.5. The number of nitrogens with one attached hydrogen (secondary N) is 1. The van der Waals surface area contributed by atoms with Crippen LogP contribution in [0.3, 0.4) is 0 Å². The molecule has 3 aliphatic rings. The van der Waals surface area contributed by atoms with Gasteiger partial charge in [-0.2, -0.15) is 5.10 Å². The van der Waals surface area contributed by atoms with Crippen molar-refractivity contribution in [3.63, 3.8) is 0 Å². The third-order valence-corrected chi connectivity index (χ3v) is 7.53. The minimum Gasteiger partial charge on any atom is -0.444 e. The molecule has 0 bridgehead atoms. The molecule has 0 aromatic carbocycles. The fourth-order valence-electron chi connectivity index (χ4n) is 5.51. The van der Waals surface area contributed by atoms with Crippen LogP contribution in [0.2, 0.25) is 0 Å². The number of hydrogen-bond acceptors (Lipinski definition) is 9. The molecule has 1 N–H and O–H groups in total. The van der Waals surface area contributed by atoms with Gasteiger partial charge in [-0.15, -0.1) is 0 Å². The Morgan fingerprint density at radius 3 is 2.61 bits per heavy atom. The summed E-state index contributed by atoms with van der Waals surface area (Å²) < 4.78 is 12.6. The number of amides is 3. The first-order chi connectivity index (χ1) is 19.7. The Balaban J connectivity index is 1.23. The lowest BCUT2D eigenvalue weighted by Crippen LogP contribution is -2.48. The van der Waals surface area contributed by atoms with E-state index in [1.165, 1.54) is 6.20 Å². The fourth-order valence-corrected chi connectivity index (χ4v) is 5.51. The quantitative estimate of drug-likeness (QED) is 0.509. The Hall–Kier alpha value is -4.26. The predicted molar refractivity (Wildman–Crippen MR) is 149 cm³/mol. The molecule has 0 spiro atoms. The monoisotopic (exact) mass is 562 g/mol. The van der Waals surface area contributed by atoms with E-state index >= 15 is 0 Å². The number of nitrogens with zero attached hydrogens (tertiary/aromatic N) is 7. The topological polar surface area (TPSA) is 134 Å². The number of ether oxygens (including phenoxy) is 2. The van der Waals surface area contributed by atoms with Crippen LogP contribution in [0, 0.1) is 0 Å². The van der Waals surface area contributed by atoms with Gasteiger partial charge in [0.25, 0.3) is 11.8 Å². The molecule has 0 saturated carbocycles. The average molecular weight is 563 g/mol. The number of piperidine rings is 1. The largest absolute Gasteiger partial charge is 0.444 e. The maximum Gasteiger partial charge on any atom is 0.410 e. The zero-order chi connectivity index (χ0) is 28.7. The third-order valence-electron chi connectivity index (χ3n) is 7.53. The number of likely N-dealkylation sites (tertiary alicyclic amines) is 1. The summed E-state index contributed by atoms with van der Waals surface area (Å²) in [6.07, 6.45) is 5.81. The van der Waals surface area contributed by atoms with E-state index < -0.39 is 5.60 Å². The molecule has 3 aromatic heterocycles. The summed E-state index contributed by atoms with van der Waals surface area (Å²) in [6, 6.07) is 3.58. The average Bonchev–Trinajstić information content (AvgIpc) is 3.53. The molecule has 13 nitrogen and oxygen atoms in total. The SMILES string of the molecule is CC(C)(C)OC(=O)N1CCC(N2Cc3cc(NC(=O)c4cnn5cccnc45)c(N4CCOCC4)nc3C2=O)CC1. The van der Waals surface area contributed by atoms with E-state index in [1.807, 2.05) is 36.6 Å². The van der Waals surface area contributed by atoms with Crippen molar-refractivity contribution in [3.05, 3.63) is 47.5 Å². The molecule has 0 unspecified atom stereocenters. The second-order valence-electron chi connectivity index (χ2n) is 11.5. The summed E-state index contributed by atoms with van der Waals surface area (Å²) in [7, 11) is 0. The molecule has 0 atom stereocenters. The van der Waals surface area contributed by atoms with Crippen molar-refractivity contribution in [1.82, 2.24) is 29.4 Å². The first-order valence-corrected chi connectivity index (χ1v) is 13.9. The van der Waals surface area contributed by atoms with Gasteiger partial charge in [-0.25, -0.2) is 19.3 Å². The molecule has 2 saturated heterocycles. The number of aromatic nitrogens is 4. The smallest absolute Gasteiger partial charge is 0.410 e. The van der Waals surface area contributed by atoms with Gasteiger partial charge >= 0.3 is 6.09 Å². The summed E-state index contributed by atoms with van der Waals surface area (Å²) in [5.74, 6) is 0.0559. The summed E-state index contributed by atoms with van der Waals surface area (Å²) >= 11 is 0. The van der Waals surface area contributed by atoms with Crippen molar-refractivity contribution in [2.24, 2.45) is 0 Å². The van der Waals surface area contributed by atoms with E-state index in [2.05, 4.69) is 15.4 Å². The number of pyridine rings is 1. The van der Waals surface area contributed by atoms with Gasteiger partial charge in [-0.3, -0.25) is 9.59 Å². The van der Waals surface area contributed by atoms with Crippen LogP contribution >= 0.6 is 0 Å². The van der Waals surface area contributed by atoms with E-state index in [0.717, 1.165) is 5.56 Å². The molecule has 6 rings (SSSR count). The second kappa shape index (κ2) is 10.6. The number of carbonyl (C=O) groups excluding carboxylic acids is 3. The number of anilines is 2. The van der Waals surface area contributed by atoms with Gasteiger partial charge in [-0.1, -0.05) is 0 Å². The molecule has 2 fully saturated rings. The van der Waals surface area contributed by atoms with Gasteiger partial charge in [0, 0.05) is 56.7 Å². The summed E-state index contributed by atoms with van der Waals surface area (Å²) in [4.78, 5) is 54.2. The first kappa shape index (κ1) is 26.9. The number of fused-ring (bicyclic) bond motifs is 2. The lowest BCUT2D eigenvalue weighted by atomic mass is 10.0. The van der Waals surface area contributed by atoms with E-state index in [-0.39, 0.29) is 23.9 Å². The Morgan fingerprint density at radius 1 is 1.12 bits per heavy atom. The van der Waals surface area contributed by atoms with Crippen LogP contribution in [0.4, 0.5) is 16.3 Å². The second-order valence-corrected chi connectivity index (χ2v) is 11.5. The molecule has 3 aromatic rings. The standard InChI is InChI=1S/C28H34N8O5/c1-28(2,3)41-27(39)34-9-5-19(6-10-34)35-17-18-15-21(24(32-22(18)26(35)38)33-11-13-40-14-12-33)31-25(37)20-16-30-36-8-4-7-29-23(20)36/h4,7-8,15-16,19H,5-6,9-14,17H2,1-3H3,(H,31,37). The molecule has 3 amide bonds. The molecule has 3 aliphatic heterocycles. The van der Waals surface area contributed by atoms with Gasteiger partial charge in [0.05, 0.1) is 25.1 Å². The van der Waals surface area contributed by atoms with Crippen LogP contribution in [0.15, 0.2) is 30.7 Å². The molecule has 0 aliphatic carbocycles. The summed E-state index contributed by atoms with van der Waals surface area (Å²) in [6.45, 7) is 9.21. The minimum absolute atomic E-state index is 0.0230. The molecular weight excluding hydrogens is 528 g/mol. The highest BCUT2D eigenvalue weighted by atomic mass is 16.6. The highest BCUT2D eigenvalue weighted by molar-refractivity contribution is 6.09. The van der Waals surface area contributed by atoms with Crippen LogP contribution in [0.25, 0.3) is 5.65 Å². The van der Waals surface area contributed by atoms with Gasteiger partial charge in [0.2, 0.25) is 0 Å². The number of morpholine rings is 1. The lowest BCUT2D eigenvalue weighted by Gasteiger charge is -2.37. The van der Waals surface area contributed by atoms with Crippen LogP contribution in [-0.2, 0) is 16.0 Å². The van der Waals surface area contributed by atoms with Crippen molar-refractivity contribution in [2.45, 2.75) is 51.8 Å². The van der Waals surface area contributed by atoms with Gasteiger partial charge in [-0.05, 0) is 45.7 Å². The predicted octanol–water partition coefficient (Wildman–Crippen LogP) is 2.57. The normalized spacial score (nSPS) is 18.1. The lowest BCUT2D eigenvalue weighted by molar-refractivity contribution is 0.0148. The van der Waals surface area contributed by atoms with Gasteiger partial charge < -0.3 is 29.5 Å². The molecule has 216 valence electrons. The molecular formula is C28H34N8O5. The number of rotatable bonds is 4. The maximum absolute atomic E-state index is 13.6. The van der Waals surface area contributed by atoms with Gasteiger partial charge in [0.1, 0.15) is 16.9 Å². The van der Waals surface area contributed by atoms with E-state index in [9.17, 15) is 14.4 Å². The Kier molecular flexibility index (Phi) is 6.98. The van der Waals surface area contributed by atoms with Crippen molar-refractivity contribution < 1.29 is 23.9 Å². The zero-order valence-corrected chi connectivity index (χ0v) is 23.5. The van der Waals surface area contributed by atoms with Crippen molar-refractivity contribution in [2.75, 3.05) is 49.6 Å². The number of carbonyl (C=O) groups is 3. The molecule has 6 heterocycles. The van der Waals surface area contributed by atoms with Crippen LogP contribution in [-0.4, -0.2) is 98.3 Å². The first-order valence-electron chi connectivity index (χ1n) is 13.9. The highest BCUT2D eigenvalue weighted by Gasteiger charge is 2.38. The number of hydrogen-bond donors (Lipinski definition) is 1. The Bertz CT molecular complexity index is 1480. The molecule has 41 heavy (non-hydrogen) atoms. The molecule has 0 radical (unpaired) electrons. The maximum atomic E-state index is 13.6.